The number of hydrogen-bond donors (Lipinski definition) is 0. The number of furan rings is 2. The molecule has 0 saturated carbocycles. The molecule has 6 rings (SSSR count). The van der Waals surface area contributed by atoms with Gasteiger partial charge < -0.3 is 8.83 Å². The molecule has 0 aliphatic heterocycles. The van der Waals surface area contributed by atoms with E-state index in [2.05, 4.69) is 10.1 Å². The standard InChI is InChI=1S/C24H14ClN3O3S/c1-13-15-6-3-5-9-18(15)31-21(13)22-26-24-28(27-22)23(29)20(32-24)12-14-10-11-19(30-14)16-7-2-4-8-17(16)25/h2-12H,1H3/b20-12-. The second-order valence-electron chi connectivity index (χ2n) is 7.28. The van der Waals surface area contributed by atoms with E-state index in [1.165, 1.54) is 15.9 Å². The second kappa shape index (κ2) is 7.19. The summed E-state index contributed by atoms with van der Waals surface area (Å²) in [5, 5.41) is 6.01. The van der Waals surface area contributed by atoms with E-state index in [1.807, 2.05) is 55.5 Å². The van der Waals surface area contributed by atoms with Crippen LogP contribution in [0, 0.1) is 6.92 Å². The normalized spacial score (nSPS) is 12.4. The van der Waals surface area contributed by atoms with Gasteiger partial charge in [0.15, 0.2) is 5.76 Å². The van der Waals surface area contributed by atoms with Crippen LogP contribution in [0.1, 0.15) is 11.3 Å². The second-order valence-corrected chi connectivity index (χ2v) is 8.70. The Balaban J connectivity index is 1.40. The Morgan fingerprint density at radius 1 is 1.03 bits per heavy atom. The summed E-state index contributed by atoms with van der Waals surface area (Å²) in [6, 6.07) is 18.8. The molecule has 0 atom stereocenters. The van der Waals surface area contributed by atoms with Crippen LogP contribution in [0.2, 0.25) is 5.02 Å². The highest BCUT2D eigenvalue weighted by molar-refractivity contribution is 7.15. The van der Waals surface area contributed by atoms with Gasteiger partial charge >= 0.3 is 0 Å². The molecule has 0 N–H and O–H groups in total. The third-order valence-electron chi connectivity index (χ3n) is 5.27. The van der Waals surface area contributed by atoms with Crippen LogP contribution in [0.15, 0.2) is 74.3 Å². The molecule has 2 aromatic carbocycles. The van der Waals surface area contributed by atoms with Crippen molar-refractivity contribution in [2.24, 2.45) is 0 Å². The summed E-state index contributed by atoms with van der Waals surface area (Å²) in [6.45, 7) is 1.96. The van der Waals surface area contributed by atoms with Gasteiger partial charge in [0.2, 0.25) is 10.8 Å². The number of halogens is 1. The highest BCUT2D eigenvalue weighted by atomic mass is 35.5. The zero-order chi connectivity index (χ0) is 21.8. The summed E-state index contributed by atoms with van der Waals surface area (Å²) in [7, 11) is 0. The minimum atomic E-state index is -0.256. The molecule has 8 heteroatoms. The van der Waals surface area contributed by atoms with E-state index in [0.717, 1.165) is 22.1 Å². The fraction of sp³-hybridized carbons (Fsp3) is 0.0417. The molecule has 0 aliphatic rings. The summed E-state index contributed by atoms with van der Waals surface area (Å²) in [4.78, 5) is 17.9. The van der Waals surface area contributed by atoms with Crippen molar-refractivity contribution in [3.8, 4) is 22.9 Å². The van der Waals surface area contributed by atoms with Gasteiger partial charge in [-0.3, -0.25) is 4.79 Å². The van der Waals surface area contributed by atoms with Crippen LogP contribution < -0.4 is 10.1 Å². The van der Waals surface area contributed by atoms with E-state index in [4.69, 9.17) is 20.4 Å². The van der Waals surface area contributed by atoms with E-state index in [1.54, 1.807) is 18.2 Å². The largest absolute Gasteiger partial charge is 0.457 e. The molecule has 0 saturated heterocycles. The maximum Gasteiger partial charge on any atom is 0.291 e. The molecule has 0 fully saturated rings. The summed E-state index contributed by atoms with van der Waals surface area (Å²) in [5.41, 5.74) is 2.25. The lowest BCUT2D eigenvalue weighted by molar-refractivity contribution is 0.571. The first-order valence-corrected chi connectivity index (χ1v) is 11.0. The highest BCUT2D eigenvalue weighted by Gasteiger charge is 2.19. The van der Waals surface area contributed by atoms with Crippen LogP contribution in [-0.4, -0.2) is 14.6 Å². The molecule has 0 radical (unpaired) electrons. The Bertz CT molecular complexity index is 1740. The van der Waals surface area contributed by atoms with Crippen LogP contribution in [0.3, 0.4) is 0 Å². The summed E-state index contributed by atoms with van der Waals surface area (Å²) in [6.07, 6.45) is 1.69. The minimum Gasteiger partial charge on any atom is -0.457 e. The first-order chi connectivity index (χ1) is 15.6. The van der Waals surface area contributed by atoms with Gasteiger partial charge in [0, 0.05) is 22.6 Å². The van der Waals surface area contributed by atoms with Crippen LogP contribution in [0.25, 0.3) is 44.9 Å². The number of aryl methyl sites for hydroxylation is 1. The number of hydrogen-bond acceptors (Lipinski definition) is 6. The number of benzene rings is 2. The summed E-state index contributed by atoms with van der Waals surface area (Å²) in [5.74, 6) is 2.15. The van der Waals surface area contributed by atoms with Crippen molar-refractivity contribution in [3.05, 3.63) is 91.9 Å². The molecule has 6 aromatic rings. The molecule has 0 unspecified atom stereocenters. The van der Waals surface area contributed by atoms with Gasteiger partial charge in [-0.25, -0.2) is 0 Å². The highest BCUT2D eigenvalue weighted by Crippen LogP contribution is 2.31. The van der Waals surface area contributed by atoms with Gasteiger partial charge in [0.05, 0.1) is 5.02 Å². The van der Waals surface area contributed by atoms with E-state index >= 15 is 0 Å². The Morgan fingerprint density at radius 2 is 1.84 bits per heavy atom. The summed E-state index contributed by atoms with van der Waals surface area (Å²) < 4.78 is 13.6. The number of nitrogens with zero attached hydrogens (tertiary/aromatic N) is 3. The van der Waals surface area contributed by atoms with Crippen LogP contribution in [-0.2, 0) is 0 Å². The van der Waals surface area contributed by atoms with Crippen molar-refractivity contribution >= 4 is 44.9 Å². The molecule has 0 spiro atoms. The smallest absolute Gasteiger partial charge is 0.291 e. The predicted molar refractivity (Wildman–Crippen MR) is 125 cm³/mol. The lowest BCUT2D eigenvalue weighted by Gasteiger charge is -1.98. The zero-order valence-electron chi connectivity index (χ0n) is 16.7. The molecule has 6 nitrogen and oxygen atoms in total. The van der Waals surface area contributed by atoms with E-state index in [-0.39, 0.29) is 5.56 Å². The molecule has 4 heterocycles. The molecular weight excluding hydrogens is 446 g/mol. The lowest BCUT2D eigenvalue weighted by Crippen LogP contribution is -2.23. The molecule has 0 bridgehead atoms. The van der Waals surface area contributed by atoms with Crippen molar-refractivity contribution in [3.63, 3.8) is 0 Å². The van der Waals surface area contributed by atoms with Crippen LogP contribution in [0.5, 0.6) is 0 Å². The van der Waals surface area contributed by atoms with Gasteiger partial charge in [0.1, 0.15) is 21.6 Å². The first-order valence-electron chi connectivity index (χ1n) is 9.83. The number of fused-ring (bicyclic) bond motifs is 2. The summed E-state index contributed by atoms with van der Waals surface area (Å²) >= 11 is 7.50. The fourth-order valence-electron chi connectivity index (χ4n) is 3.68. The SMILES string of the molecule is Cc1c(-c2nc3s/c(=C\c4ccc(-c5ccccc5Cl)o4)c(=O)n3n2)oc2ccccc12. The zero-order valence-corrected chi connectivity index (χ0v) is 18.3. The predicted octanol–water partition coefficient (Wildman–Crippen LogP) is 5.33. The maximum absolute atomic E-state index is 12.9. The molecule has 4 aromatic heterocycles. The van der Waals surface area contributed by atoms with Crippen molar-refractivity contribution < 1.29 is 8.83 Å². The third kappa shape index (κ3) is 2.97. The molecule has 0 amide bonds. The fourth-order valence-corrected chi connectivity index (χ4v) is 4.80. The van der Waals surface area contributed by atoms with Crippen molar-refractivity contribution in [2.45, 2.75) is 6.92 Å². The monoisotopic (exact) mass is 459 g/mol. The van der Waals surface area contributed by atoms with Gasteiger partial charge in [-0.15, -0.1) is 5.10 Å². The number of para-hydroxylation sites is 1. The maximum atomic E-state index is 12.9. The number of aromatic nitrogens is 3. The van der Waals surface area contributed by atoms with E-state index < -0.39 is 0 Å². The molecular formula is C24H14ClN3O3S. The first kappa shape index (κ1) is 19.0. The van der Waals surface area contributed by atoms with Gasteiger partial charge in [-0.05, 0) is 37.3 Å². The lowest BCUT2D eigenvalue weighted by atomic mass is 10.1. The molecule has 156 valence electrons. The molecule has 32 heavy (non-hydrogen) atoms. The molecule has 0 aliphatic carbocycles. The topological polar surface area (TPSA) is 73.5 Å². The quantitative estimate of drug-likeness (QED) is 0.357. The number of rotatable bonds is 3. The van der Waals surface area contributed by atoms with Gasteiger partial charge in [-0.2, -0.15) is 9.50 Å². The number of thiazole rings is 1. The van der Waals surface area contributed by atoms with Crippen LogP contribution in [0.4, 0.5) is 0 Å². The third-order valence-corrected chi connectivity index (χ3v) is 6.56. The van der Waals surface area contributed by atoms with E-state index in [9.17, 15) is 4.79 Å². The Hall–Kier alpha value is -3.68. The average Bonchev–Trinajstić information content (AvgIpc) is 3.55. The van der Waals surface area contributed by atoms with Crippen molar-refractivity contribution in [2.75, 3.05) is 0 Å². The van der Waals surface area contributed by atoms with Crippen molar-refractivity contribution in [1.29, 1.82) is 0 Å². The van der Waals surface area contributed by atoms with Crippen molar-refractivity contribution in [1.82, 2.24) is 14.6 Å². The van der Waals surface area contributed by atoms with Gasteiger partial charge in [0.25, 0.3) is 5.56 Å². The average molecular weight is 460 g/mol. The van der Waals surface area contributed by atoms with Gasteiger partial charge in [-0.1, -0.05) is 53.3 Å². The Labute approximate surface area is 190 Å². The minimum absolute atomic E-state index is 0.256. The Kier molecular flexibility index (Phi) is 4.28. The van der Waals surface area contributed by atoms with E-state index in [0.29, 0.717) is 37.6 Å². The van der Waals surface area contributed by atoms with Crippen LogP contribution >= 0.6 is 22.9 Å². The Morgan fingerprint density at radius 3 is 2.66 bits per heavy atom.